The predicted molar refractivity (Wildman–Crippen MR) is 119 cm³/mol. The summed E-state index contributed by atoms with van der Waals surface area (Å²) >= 11 is 0. The van der Waals surface area contributed by atoms with Crippen molar-refractivity contribution < 1.29 is 22.7 Å². The molecule has 0 aromatic heterocycles. The lowest BCUT2D eigenvalue weighted by molar-refractivity contribution is -0.138. The first kappa shape index (κ1) is 22.0. The molecule has 0 bridgehead atoms. The van der Waals surface area contributed by atoms with E-state index < -0.39 is 10.0 Å². The van der Waals surface area contributed by atoms with Crippen LogP contribution in [-0.2, 0) is 14.8 Å². The quantitative estimate of drug-likeness (QED) is 0.663. The molecule has 0 radical (unpaired) electrons. The average Bonchev–Trinajstić information content (AvgIpc) is 3.65. The summed E-state index contributed by atoms with van der Waals surface area (Å²) in [5, 5.41) is 0. The fourth-order valence-corrected chi connectivity index (χ4v) is 6.36. The number of fused-ring (bicyclic) bond motifs is 1. The molecule has 0 spiro atoms. The van der Waals surface area contributed by atoms with E-state index in [9.17, 15) is 13.2 Å². The van der Waals surface area contributed by atoms with Gasteiger partial charge >= 0.3 is 0 Å². The second kappa shape index (κ2) is 9.19. The van der Waals surface area contributed by atoms with E-state index in [0.717, 1.165) is 38.5 Å². The van der Waals surface area contributed by atoms with E-state index in [1.165, 1.54) is 23.7 Å². The summed E-state index contributed by atoms with van der Waals surface area (Å²) in [4.78, 5) is 17.7. The second-order valence-electron chi connectivity index (χ2n) is 9.41. The SMILES string of the molecule is O=C(C1CCN(S(=O)(=O)c2ccc3c(c2)OCCCO3)CC1)N1CCN(CC2CC2)CC1. The highest BCUT2D eigenvalue weighted by Gasteiger charge is 2.35. The zero-order valence-electron chi connectivity index (χ0n) is 18.6. The first-order valence-corrected chi connectivity index (χ1v) is 13.4. The van der Waals surface area contributed by atoms with Crippen LogP contribution in [0.4, 0.5) is 0 Å². The summed E-state index contributed by atoms with van der Waals surface area (Å²) in [6.45, 7) is 6.50. The number of nitrogens with zero attached hydrogens (tertiary/aromatic N) is 3. The number of piperazine rings is 1. The molecule has 1 amide bonds. The zero-order valence-corrected chi connectivity index (χ0v) is 19.4. The molecule has 9 heteroatoms. The monoisotopic (exact) mass is 463 g/mol. The van der Waals surface area contributed by atoms with Crippen molar-refractivity contribution in [3.8, 4) is 11.5 Å². The number of carbonyl (C=O) groups excluding carboxylic acids is 1. The van der Waals surface area contributed by atoms with Gasteiger partial charge in [-0.3, -0.25) is 9.69 Å². The van der Waals surface area contributed by atoms with Crippen molar-refractivity contribution in [3.63, 3.8) is 0 Å². The summed E-state index contributed by atoms with van der Waals surface area (Å²) in [6.07, 6.45) is 4.63. The van der Waals surface area contributed by atoms with Gasteiger partial charge in [-0.1, -0.05) is 0 Å². The lowest BCUT2D eigenvalue weighted by Crippen LogP contribution is -2.52. The smallest absolute Gasteiger partial charge is 0.243 e. The van der Waals surface area contributed by atoms with Crippen LogP contribution in [0.5, 0.6) is 11.5 Å². The molecule has 4 aliphatic rings. The maximum atomic E-state index is 13.2. The van der Waals surface area contributed by atoms with Crippen LogP contribution in [0.2, 0.25) is 0 Å². The number of ether oxygens (including phenoxy) is 2. The Morgan fingerprint density at radius 3 is 2.28 bits per heavy atom. The normalized spacial score (nSPS) is 23.7. The van der Waals surface area contributed by atoms with Crippen molar-refractivity contribution in [3.05, 3.63) is 18.2 Å². The van der Waals surface area contributed by atoms with Gasteiger partial charge in [-0.2, -0.15) is 4.31 Å². The Bertz CT molecular complexity index is 933. The minimum absolute atomic E-state index is 0.0831. The summed E-state index contributed by atoms with van der Waals surface area (Å²) < 4.78 is 39.2. The van der Waals surface area contributed by atoms with Gasteiger partial charge in [-0.15, -0.1) is 0 Å². The molecule has 1 aliphatic carbocycles. The molecule has 8 nitrogen and oxygen atoms in total. The number of sulfonamides is 1. The van der Waals surface area contributed by atoms with Crippen LogP contribution in [0.3, 0.4) is 0 Å². The molecule has 3 fully saturated rings. The van der Waals surface area contributed by atoms with Crippen molar-refractivity contribution in [2.75, 3.05) is 59.0 Å². The maximum absolute atomic E-state index is 13.2. The molecular formula is C23H33N3O5S. The van der Waals surface area contributed by atoms with Gasteiger partial charge < -0.3 is 14.4 Å². The molecule has 3 heterocycles. The Balaban J connectivity index is 1.16. The van der Waals surface area contributed by atoms with E-state index in [1.54, 1.807) is 18.2 Å². The van der Waals surface area contributed by atoms with Crippen molar-refractivity contribution in [2.45, 2.75) is 37.0 Å². The van der Waals surface area contributed by atoms with Gasteiger partial charge in [0, 0.05) is 64.2 Å². The van der Waals surface area contributed by atoms with Crippen LogP contribution >= 0.6 is 0 Å². The highest BCUT2D eigenvalue weighted by molar-refractivity contribution is 7.89. The molecule has 0 atom stereocenters. The third-order valence-corrected chi connectivity index (χ3v) is 8.95. The molecule has 1 aromatic carbocycles. The number of benzene rings is 1. The molecular weight excluding hydrogens is 430 g/mol. The molecule has 1 aromatic rings. The van der Waals surface area contributed by atoms with E-state index in [1.807, 2.05) is 4.90 Å². The van der Waals surface area contributed by atoms with Crippen LogP contribution < -0.4 is 9.47 Å². The van der Waals surface area contributed by atoms with Gasteiger partial charge in [0.1, 0.15) is 0 Å². The minimum atomic E-state index is -3.63. The van der Waals surface area contributed by atoms with Crippen LogP contribution in [-0.4, -0.2) is 87.5 Å². The Hall–Kier alpha value is -1.84. The van der Waals surface area contributed by atoms with E-state index in [4.69, 9.17) is 9.47 Å². The maximum Gasteiger partial charge on any atom is 0.243 e. The molecule has 2 saturated heterocycles. The Kier molecular flexibility index (Phi) is 6.31. The lowest BCUT2D eigenvalue weighted by atomic mass is 9.96. The summed E-state index contributed by atoms with van der Waals surface area (Å²) in [5.41, 5.74) is 0. The predicted octanol–water partition coefficient (Wildman–Crippen LogP) is 1.80. The summed E-state index contributed by atoms with van der Waals surface area (Å²) in [5.74, 6) is 2.06. The van der Waals surface area contributed by atoms with Crippen LogP contribution in [0.25, 0.3) is 0 Å². The number of piperidine rings is 1. The summed E-state index contributed by atoms with van der Waals surface area (Å²) in [7, 11) is -3.63. The number of hydrogen-bond acceptors (Lipinski definition) is 6. The van der Waals surface area contributed by atoms with E-state index in [-0.39, 0.29) is 16.7 Å². The highest BCUT2D eigenvalue weighted by Crippen LogP contribution is 2.34. The molecule has 1 saturated carbocycles. The van der Waals surface area contributed by atoms with Crippen molar-refractivity contribution in [2.24, 2.45) is 11.8 Å². The Labute approximate surface area is 190 Å². The summed E-state index contributed by atoms with van der Waals surface area (Å²) in [6, 6.07) is 4.82. The van der Waals surface area contributed by atoms with Crippen molar-refractivity contribution in [1.29, 1.82) is 0 Å². The van der Waals surface area contributed by atoms with Gasteiger partial charge in [0.2, 0.25) is 15.9 Å². The molecule has 5 rings (SSSR count). The first-order valence-electron chi connectivity index (χ1n) is 11.9. The topological polar surface area (TPSA) is 79.4 Å². The third-order valence-electron chi connectivity index (χ3n) is 7.06. The van der Waals surface area contributed by atoms with Crippen LogP contribution in [0.1, 0.15) is 32.1 Å². The first-order chi connectivity index (χ1) is 15.5. The Morgan fingerprint density at radius 2 is 1.59 bits per heavy atom. The van der Waals surface area contributed by atoms with Gasteiger partial charge in [-0.25, -0.2) is 8.42 Å². The van der Waals surface area contributed by atoms with Gasteiger partial charge in [0.05, 0.1) is 18.1 Å². The van der Waals surface area contributed by atoms with E-state index in [2.05, 4.69) is 4.90 Å². The van der Waals surface area contributed by atoms with Crippen molar-refractivity contribution in [1.82, 2.24) is 14.1 Å². The molecule has 32 heavy (non-hydrogen) atoms. The van der Waals surface area contributed by atoms with Gasteiger partial charge in [0.15, 0.2) is 11.5 Å². The van der Waals surface area contributed by atoms with Crippen LogP contribution in [0, 0.1) is 11.8 Å². The highest BCUT2D eigenvalue weighted by atomic mass is 32.2. The number of rotatable bonds is 5. The number of hydrogen-bond donors (Lipinski definition) is 0. The largest absolute Gasteiger partial charge is 0.490 e. The lowest BCUT2D eigenvalue weighted by Gasteiger charge is -2.38. The van der Waals surface area contributed by atoms with Crippen molar-refractivity contribution >= 4 is 15.9 Å². The van der Waals surface area contributed by atoms with E-state index in [0.29, 0.717) is 50.6 Å². The van der Waals surface area contributed by atoms with Gasteiger partial charge in [0.25, 0.3) is 0 Å². The number of carbonyl (C=O) groups is 1. The van der Waals surface area contributed by atoms with E-state index >= 15 is 0 Å². The second-order valence-corrected chi connectivity index (χ2v) is 11.3. The molecule has 0 unspecified atom stereocenters. The van der Waals surface area contributed by atoms with Crippen LogP contribution in [0.15, 0.2) is 23.1 Å². The zero-order chi connectivity index (χ0) is 22.1. The Morgan fingerprint density at radius 1 is 0.906 bits per heavy atom. The standard InChI is InChI=1S/C23H33N3O5S/c27-23(25-12-10-24(11-13-25)17-18-2-3-18)19-6-8-26(9-7-19)32(28,29)20-4-5-21-22(16-20)31-15-1-14-30-21/h4-5,16,18-19H,1-3,6-15,17H2. The number of amides is 1. The minimum Gasteiger partial charge on any atom is -0.490 e. The fourth-order valence-electron chi connectivity index (χ4n) is 4.87. The molecule has 0 N–H and O–H groups in total. The van der Waals surface area contributed by atoms with Gasteiger partial charge in [-0.05, 0) is 43.7 Å². The average molecular weight is 464 g/mol. The molecule has 176 valence electrons. The third kappa shape index (κ3) is 4.75. The molecule has 3 aliphatic heterocycles. The fraction of sp³-hybridized carbons (Fsp3) is 0.696.